The van der Waals surface area contributed by atoms with Crippen molar-refractivity contribution in [2.24, 2.45) is 0 Å². The number of nitrogens with zero attached hydrogens (tertiary/aromatic N) is 4. The summed E-state index contributed by atoms with van der Waals surface area (Å²) in [4.78, 5) is 25.4. The third-order valence-corrected chi connectivity index (χ3v) is 5.47. The normalized spacial score (nSPS) is 19.5. The van der Waals surface area contributed by atoms with Gasteiger partial charge in [0.05, 0.1) is 0 Å². The number of carbonyl (C=O) groups is 1. The lowest BCUT2D eigenvalue weighted by molar-refractivity contribution is -0.120. The molecule has 1 aromatic heterocycles. The van der Waals surface area contributed by atoms with Gasteiger partial charge in [-0.15, -0.1) is 0 Å². The van der Waals surface area contributed by atoms with Gasteiger partial charge in [-0.05, 0) is 37.0 Å². The second-order valence-corrected chi connectivity index (χ2v) is 6.97. The molecule has 2 aliphatic rings. The van der Waals surface area contributed by atoms with Crippen LogP contribution < -0.4 is 9.80 Å². The molecule has 2 aliphatic heterocycles. The third-order valence-electron chi connectivity index (χ3n) is 5.47. The summed E-state index contributed by atoms with van der Waals surface area (Å²) in [5.41, 5.74) is 3.41. The number of hydrogen-bond donors (Lipinski definition) is 0. The molecular formula is C19H22N4O. The number of amides is 1. The SMILES string of the molecule is Cc1cnc(N2CCC3(CC2)CC(=O)N(C)c2ccccc23)nc1. The van der Waals surface area contributed by atoms with E-state index < -0.39 is 0 Å². The number of aryl methyl sites for hydroxylation is 1. The fraction of sp³-hybridized carbons (Fsp3) is 0.421. The van der Waals surface area contributed by atoms with Crippen LogP contribution in [0, 0.1) is 6.92 Å². The summed E-state index contributed by atoms with van der Waals surface area (Å²) in [7, 11) is 1.88. The molecule has 4 rings (SSSR count). The van der Waals surface area contributed by atoms with Crippen molar-refractivity contribution in [2.75, 3.05) is 29.9 Å². The number of hydrogen-bond acceptors (Lipinski definition) is 4. The zero-order chi connectivity index (χ0) is 16.7. The Morgan fingerprint density at radius 2 is 1.75 bits per heavy atom. The van der Waals surface area contributed by atoms with E-state index in [-0.39, 0.29) is 11.3 Å². The molecule has 1 spiro atoms. The molecule has 0 N–H and O–H groups in total. The number of rotatable bonds is 1. The first-order chi connectivity index (χ1) is 11.6. The summed E-state index contributed by atoms with van der Waals surface area (Å²) in [5.74, 6) is 1.01. The van der Waals surface area contributed by atoms with E-state index in [2.05, 4.69) is 33.1 Å². The topological polar surface area (TPSA) is 49.3 Å². The van der Waals surface area contributed by atoms with Gasteiger partial charge in [0.15, 0.2) is 0 Å². The van der Waals surface area contributed by atoms with E-state index in [1.807, 2.05) is 32.4 Å². The van der Waals surface area contributed by atoms with Crippen molar-refractivity contribution in [3.8, 4) is 0 Å². The van der Waals surface area contributed by atoms with E-state index in [0.717, 1.165) is 43.1 Å². The van der Waals surface area contributed by atoms with Crippen molar-refractivity contribution in [1.29, 1.82) is 0 Å². The van der Waals surface area contributed by atoms with Gasteiger partial charge in [-0.1, -0.05) is 18.2 Å². The Morgan fingerprint density at radius 1 is 1.08 bits per heavy atom. The van der Waals surface area contributed by atoms with Gasteiger partial charge >= 0.3 is 0 Å². The lowest BCUT2D eigenvalue weighted by Crippen LogP contribution is -2.49. The maximum absolute atomic E-state index is 12.5. The highest BCUT2D eigenvalue weighted by atomic mass is 16.2. The van der Waals surface area contributed by atoms with Crippen LogP contribution in [0.1, 0.15) is 30.4 Å². The van der Waals surface area contributed by atoms with Crippen LogP contribution in [0.5, 0.6) is 0 Å². The number of carbonyl (C=O) groups excluding carboxylic acids is 1. The Morgan fingerprint density at radius 3 is 2.46 bits per heavy atom. The number of para-hydroxylation sites is 1. The van der Waals surface area contributed by atoms with Crippen LogP contribution in [0.3, 0.4) is 0 Å². The van der Waals surface area contributed by atoms with Crippen molar-refractivity contribution in [3.05, 3.63) is 47.8 Å². The van der Waals surface area contributed by atoms with Crippen molar-refractivity contribution < 1.29 is 4.79 Å². The Labute approximate surface area is 142 Å². The maximum atomic E-state index is 12.5. The van der Waals surface area contributed by atoms with Gasteiger partial charge in [0.2, 0.25) is 11.9 Å². The predicted octanol–water partition coefficient (Wildman–Crippen LogP) is 2.69. The van der Waals surface area contributed by atoms with E-state index in [1.54, 1.807) is 4.90 Å². The average molecular weight is 322 g/mol. The quantitative estimate of drug-likeness (QED) is 0.810. The Bertz CT molecular complexity index is 763. The highest BCUT2D eigenvalue weighted by Crippen LogP contribution is 2.46. The minimum Gasteiger partial charge on any atom is -0.341 e. The first-order valence-corrected chi connectivity index (χ1v) is 8.49. The minimum atomic E-state index is -0.0403. The first kappa shape index (κ1) is 15.1. The maximum Gasteiger partial charge on any atom is 0.227 e. The fourth-order valence-electron chi connectivity index (χ4n) is 3.98. The highest BCUT2D eigenvalue weighted by Gasteiger charge is 2.44. The van der Waals surface area contributed by atoms with Gasteiger partial charge in [0.25, 0.3) is 0 Å². The van der Waals surface area contributed by atoms with E-state index in [1.165, 1.54) is 5.56 Å². The molecule has 24 heavy (non-hydrogen) atoms. The molecule has 3 heterocycles. The largest absolute Gasteiger partial charge is 0.341 e. The molecule has 0 bridgehead atoms. The molecule has 0 aliphatic carbocycles. The number of fused-ring (bicyclic) bond motifs is 2. The number of benzene rings is 1. The molecule has 1 saturated heterocycles. The number of anilines is 2. The zero-order valence-electron chi connectivity index (χ0n) is 14.2. The lowest BCUT2D eigenvalue weighted by Gasteiger charge is -2.46. The third kappa shape index (κ3) is 2.35. The molecule has 5 nitrogen and oxygen atoms in total. The molecular weight excluding hydrogens is 300 g/mol. The van der Waals surface area contributed by atoms with Gasteiger partial charge < -0.3 is 9.80 Å². The van der Waals surface area contributed by atoms with Gasteiger partial charge in [0.1, 0.15) is 0 Å². The zero-order valence-corrected chi connectivity index (χ0v) is 14.2. The first-order valence-electron chi connectivity index (χ1n) is 8.49. The van der Waals surface area contributed by atoms with Crippen molar-refractivity contribution in [3.63, 3.8) is 0 Å². The van der Waals surface area contributed by atoms with E-state index in [0.29, 0.717) is 6.42 Å². The van der Waals surface area contributed by atoms with Gasteiger partial charge in [0, 0.05) is 50.1 Å². The summed E-state index contributed by atoms with van der Waals surface area (Å²) >= 11 is 0. The summed E-state index contributed by atoms with van der Waals surface area (Å²) in [6, 6.07) is 8.34. The van der Waals surface area contributed by atoms with Gasteiger partial charge in [-0.3, -0.25) is 4.79 Å². The summed E-state index contributed by atoms with van der Waals surface area (Å²) in [6.07, 6.45) is 6.24. The average Bonchev–Trinajstić information content (AvgIpc) is 2.61. The highest BCUT2D eigenvalue weighted by molar-refractivity contribution is 5.97. The lowest BCUT2D eigenvalue weighted by atomic mass is 9.68. The predicted molar refractivity (Wildman–Crippen MR) is 94.4 cm³/mol. The molecule has 0 unspecified atom stereocenters. The molecule has 2 aromatic rings. The smallest absolute Gasteiger partial charge is 0.227 e. The van der Waals surface area contributed by atoms with Crippen molar-refractivity contribution >= 4 is 17.5 Å². The standard InChI is InChI=1S/C19H22N4O/c1-14-12-20-18(21-13-14)23-9-7-19(8-10-23)11-17(24)22(2)16-6-4-3-5-15(16)19/h3-6,12-13H,7-11H2,1-2H3. The minimum absolute atomic E-state index is 0.0403. The molecule has 0 saturated carbocycles. The second-order valence-electron chi connectivity index (χ2n) is 6.97. The molecule has 1 amide bonds. The van der Waals surface area contributed by atoms with Crippen molar-refractivity contribution in [1.82, 2.24) is 9.97 Å². The van der Waals surface area contributed by atoms with E-state index in [4.69, 9.17) is 0 Å². The van der Waals surface area contributed by atoms with E-state index >= 15 is 0 Å². The van der Waals surface area contributed by atoms with Crippen LogP contribution in [-0.2, 0) is 10.2 Å². The number of piperidine rings is 1. The van der Waals surface area contributed by atoms with Crippen LogP contribution in [0.4, 0.5) is 11.6 Å². The van der Waals surface area contributed by atoms with Crippen LogP contribution in [0.25, 0.3) is 0 Å². The number of aromatic nitrogens is 2. The van der Waals surface area contributed by atoms with Crippen molar-refractivity contribution in [2.45, 2.75) is 31.6 Å². The molecule has 5 heteroatoms. The second kappa shape index (κ2) is 5.58. The van der Waals surface area contributed by atoms with E-state index in [9.17, 15) is 4.79 Å². The molecule has 1 aromatic carbocycles. The Balaban J connectivity index is 1.61. The van der Waals surface area contributed by atoms with Crippen LogP contribution >= 0.6 is 0 Å². The fourth-order valence-corrected chi connectivity index (χ4v) is 3.98. The van der Waals surface area contributed by atoms with Crippen LogP contribution in [-0.4, -0.2) is 36.0 Å². The monoisotopic (exact) mass is 322 g/mol. The summed E-state index contributed by atoms with van der Waals surface area (Å²) in [6.45, 7) is 3.76. The van der Waals surface area contributed by atoms with Crippen LogP contribution in [0.2, 0.25) is 0 Å². The molecule has 124 valence electrons. The Hall–Kier alpha value is -2.43. The van der Waals surface area contributed by atoms with Gasteiger partial charge in [-0.2, -0.15) is 0 Å². The molecule has 0 atom stereocenters. The summed E-state index contributed by atoms with van der Waals surface area (Å²) in [5, 5.41) is 0. The Kier molecular flexibility index (Phi) is 3.52. The molecule has 1 fully saturated rings. The molecule has 0 radical (unpaired) electrons. The summed E-state index contributed by atoms with van der Waals surface area (Å²) < 4.78 is 0. The van der Waals surface area contributed by atoms with Gasteiger partial charge in [-0.25, -0.2) is 9.97 Å². The van der Waals surface area contributed by atoms with Crippen LogP contribution in [0.15, 0.2) is 36.7 Å².